The summed E-state index contributed by atoms with van der Waals surface area (Å²) in [5, 5.41) is 3.06. The van der Waals surface area contributed by atoms with Crippen molar-refractivity contribution in [3.63, 3.8) is 0 Å². The second-order valence-electron chi connectivity index (χ2n) is 14.9. The number of para-hydroxylation sites is 1. The number of aromatic nitrogens is 2. The number of benzene rings is 2. The number of likely N-dealkylation sites (tertiary alicyclic amines) is 2. The van der Waals surface area contributed by atoms with Crippen molar-refractivity contribution in [3.05, 3.63) is 63.6 Å². The average Bonchev–Trinajstić information content (AvgIpc) is 3.25. The van der Waals surface area contributed by atoms with Crippen LogP contribution in [0.3, 0.4) is 0 Å². The number of urea groups is 1. The SMILES string of the molecule is Cc1cc(C[C@@H](OC(=O)N2CCC(N3CCc4ccccc4NC3=O)CC2)C(=O)N2CCN(C3CCN(C)CC3)CC2)cc2c1n(C)c(=O)n2C. The minimum absolute atomic E-state index is 0.00821. The highest BCUT2D eigenvalue weighted by atomic mass is 16.6. The molecular weight excluding hydrogens is 648 g/mol. The number of nitrogens with one attached hydrogen (secondary N) is 1. The van der Waals surface area contributed by atoms with Gasteiger partial charge in [0.1, 0.15) is 0 Å². The Balaban J connectivity index is 1.03. The lowest BCUT2D eigenvalue weighted by molar-refractivity contribution is -0.143. The normalized spacial score (nSPS) is 20.6. The summed E-state index contributed by atoms with van der Waals surface area (Å²) < 4.78 is 9.40. The van der Waals surface area contributed by atoms with Crippen LogP contribution in [0.25, 0.3) is 11.0 Å². The molecule has 5 heterocycles. The van der Waals surface area contributed by atoms with Crippen LogP contribution in [0.4, 0.5) is 15.3 Å². The number of piperidine rings is 2. The number of carbonyl (C=O) groups excluding carboxylic acids is 3. The number of hydrogen-bond acceptors (Lipinski definition) is 7. The van der Waals surface area contributed by atoms with E-state index in [-0.39, 0.29) is 30.1 Å². The van der Waals surface area contributed by atoms with Crippen molar-refractivity contribution < 1.29 is 19.1 Å². The summed E-state index contributed by atoms with van der Waals surface area (Å²) in [5.41, 5.74) is 5.26. The van der Waals surface area contributed by atoms with Gasteiger partial charge in [-0.2, -0.15) is 0 Å². The maximum atomic E-state index is 14.2. The van der Waals surface area contributed by atoms with Crippen LogP contribution in [0, 0.1) is 6.92 Å². The van der Waals surface area contributed by atoms with Gasteiger partial charge in [0.05, 0.1) is 11.0 Å². The fourth-order valence-corrected chi connectivity index (χ4v) is 8.63. The Morgan fingerprint density at radius 3 is 2.24 bits per heavy atom. The smallest absolute Gasteiger partial charge is 0.410 e. The average molecular weight is 701 g/mol. The lowest BCUT2D eigenvalue weighted by Gasteiger charge is -2.42. The number of ether oxygens (including phenoxy) is 1. The lowest BCUT2D eigenvalue weighted by atomic mass is 10.0. The van der Waals surface area contributed by atoms with Gasteiger partial charge in [-0.1, -0.05) is 24.3 Å². The molecule has 0 spiro atoms. The second kappa shape index (κ2) is 14.7. The van der Waals surface area contributed by atoms with E-state index in [9.17, 15) is 19.2 Å². The molecule has 51 heavy (non-hydrogen) atoms. The van der Waals surface area contributed by atoms with Gasteiger partial charge in [-0.25, -0.2) is 14.4 Å². The molecule has 0 aliphatic carbocycles. The molecule has 0 unspecified atom stereocenters. The van der Waals surface area contributed by atoms with Gasteiger partial charge < -0.3 is 29.7 Å². The van der Waals surface area contributed by atoms with Crippen LogP contribution in [0.15, 0.2) is 41.2 Å². The number of anilines is 1. The Kier molecular flexibility index (Phi) is 10.1. The molecule has 7 rings (SSSR count). The molecule has 4 aliphatic heterocycles. The Hall–Kier alpha value is -4.36. The molecule has 13 heteroatoms. The van der Waals surface area contributed by atoms with Crippen molar-refractivity contribution in [1.82, 2.24) is 33.6 Å². The van der Waals surface area contributed by atoms with Gasteiger partial charge in [-0.05, 0) is 88.0 Å². The molecule has 3 fully saturated rings. The van der Waals surface area contributed by atoms with E-state index in [4.69, 9.17) is 4.74 Å². The molecule has 0 radical (unpaired) electrons. The zero-order valence-electron chi connectivity index (χ0n) is 30.5. The third-order valence-corrected chi connectivity index (χ3v) is 11.7. The van der Waals surface area contributed by atoms with Crippen LogP contribution in [0.2, 0.25) is 0 Å². The molecule has 274 valence electrons. The number of carbonyl (C=O) groups is 3. The fraction of sp³-hybridized carbons (Fsp3) is 0.579. The van der Waals surface area contributed by atoms with Crippen LogP contribution in [0.1, 0.15) is 42.4 Å². The van der Waals surface area contributed by atoms with E-state index in [0.29, 0.717) is 51.6 Å². The number of imidazole rings is 1. The minimum Gasteiger partial charge on any atom is -0.436 e. The minimum atomic E-state index is -1.00. The number of aryl methyl sites for hydroxylation is 3. The second-order valence-corrected chi connectivity index (χ2v) is 14.9. The highest BCUT2D eigenvalue weighted by Gasteiger charge is 2.36. The van der Waals surface area contributed by atoms with Crippen molar-refractivity contribution in [2.75, 3.05) is 71.3 Å². The standard InChI is InChI=1S/C38H52N8O5/c1-26-23-27(24-32-34(26)42(4)37(49)41(32)3)25-33(35(47)44-21-19-43(20-22-44)29-10-14-40(2)15-11-29)51-38(50)45-16-12-30(13-17-45)46-18-9-28-7-5-6-8-31(28)39-36(46)48/h5-8,23-24,29-30,33H,9-22,25H2,1-4H3,(H,39,48)/t33-/m1/s1. The largest absolute Gasteiger partial charge is 0.436 e. The number of piperazine rings is 1. The summed E-state index contributed by atoms with van der Waals surface area (Å²) in [4.78, 5) is 64.2. The van der Waals surface area contributed by atoms with E-state index in [1.165, 1.54) is 0 Å². The fourth-order valence-electron chi connectivity index (χ4n) is 8.63. The predicted octanol–water partition coefficient (Wildman–Crippen LogP) is 3.03. The maximum absolute atomic E-state index is 14.2. The quantitative estimate of drug-likeness (QED) is 0.421. The van der Waals surface area contributed by atoms with Crippen molar-refractivity contribution in [2.45, 2.75) is 63.6 Å². The molecule has 3 saturated heterocycles. The predicted molar refractivity (Wildman–Crippen MR) is 196 cm³/mol. The molecule has 0 bridgehead atoms. The van der Waals surface area contributed by atoms with Gasteiger partial charge in [-0.15, -0.1) is 0 Å². The molecule has 3 aromatic rings. The molecule has 0 saturated carbocycles. The van der Waals surface area contributed by atoms with Crippen molar-refractivity contribution in [1.29, 1.82) is 0 Å². The van der Waals surface area contributed by atoms with Gasteiger partial charge in [0.2, 0.25) is 0 Å². The highest BCUT2D eigenvalue weighted by Crippen LogP contribution is 2.26. The van der Waals surface area contributed by atoms with Crippen LogP contribution in [-0.2, 0) is 36.5 Å². The van der Waals surface area contributed by atoms with Crippen molar-refractivity contribution in [3.8, 4) is 0 Å². The third-order valence-electron chi connectivity index (χ3n) is 11.7. The van der Waals surface area contributed by atoms with Crippen LogP contribution < -0.4 is 11.0 Å². The van der Waals surface area contributed by atoms with Crippen molar-refractivity contribution >= 4 is 34.8 Å². The lowest BCUT2D eigenvalue weighted by Crippen LogP contribution is -2.56. The van der Waals surface area contributed by atoms with E-state index >= 15 is 0 Å². The number of hydrogen-bond donors (Lipinski definition) is 1. The van der Waals surface area contributed by atoms with Crippen LogP contribution in [-0.4, -0.2) is 136 Å². The zero-order valence-corrected chi connectivity index (χ0v) is 30.5. The van der Waals surface area contributed by atoms with Crippen LogP contribution >= 0.6 is 0 Å². The van der Waals surface area contributed by atoms with E-state index in [1.54, 1.807) is 28.1 Å². The molecule has 13 nitrogen and oxygen atoms in total. The summed E-state index contributed by atoms with van der Waals surface area (Å²) in [6.07, 6.45) is 3.03. The molecule has 1 atom stereocenters. The summed E-state index contributed by atoms with van der Waals surface area (Å²) in [6.45, 7) is 8.45. The first-order valence-corrected chi connectivity index (χ1v) is 18.5. The van der Waals surface area contributed by atoms with Gasteiger partial charge in [0.25, 0.3) is 5.91 Å². The highest BCUT2D eigenvalue weighted by molar-refractivity contribution is 5.91. The van der Waals surface area contributed by atoms with E-state index < -0.39 is 12.2 Å². The van der Waals surface area contributed by atoms with Gasteiger partial charge in [0.15, 0.2) is 6.10 Å². The number of rotatable bonds is 6. The van der Waals surface area contributed by atoms with Gasteiger partial charge in [0, 0.05) is 84.1 Å². The van der Waals surface area contributed by atoms with Gasteiger partial charge in [-0.3, -0.25) is 18.8 Å². The van der Waals surface area contributed by atoms with E-state index in [2.05, 4.69) is 22.2 Å². The molecular formula is C38H52N8O5. The first-order chi connectivity index (χ1) is 24.6. The van der Waals surface area contributed by atoms with Crippen LogP contribution in [0.5, 0.6) is 0 Å². The first kappa shape index (κ1) is 35.1. The zero-order chi connectivity index (χ0) is 35.8. The number of nitrogens with zero attached hydrogens (tertiary/aromatic N) is 7. The third kappa shape index (κ3) is 7.23. The molecule has 1 aromatic heterocycles. The topological polar surface area (TPSA) is 116 Å². The number of fused-ring (bicyclic) bond motifs is 2. The summed E-state index contributed by atoms with van der Waals surface area (Å²) in [7, 11) is 5.68. The number of amides is 4. The maximum Gasteiger partial charge on any atom is 0.410 e. The molecule has 4 aliphatic rings. The molecule has 2 aromatic carbocycles. The Morgan fingerprint density at radius 2 is 1.51 bits per heavy atom. The Morgan fingerprint density at radius 1 is 0.824 bits per heavy atom. The Bertz CT molecular complexity index is 1830. The Labute approximate surface area is 299 Å². The van der Waals surface area contributed by atoms with Gasteiger partial charge >= 0.3 is 17.8 Å². The molecule has 4 amide bonds. The first-order valence-electron chi connectivity index (χ1n) is 18.5. The van der Waals surface area contributed by atoms with E-state index in [1.807, 2.05) is 53.1 Å². The summed E-state index contributed by atoms with van der Waals surface area (Å²) in [5.74, 6) is -0.179. The summed E-state index contributed by atoms with van der Waals surface area (Å²) in [6, 6.07) is 12.3. The van der Waals surface area contributed by atoms with Crippen molar-refractivity contribution in [2.24, 2.45) is 14.1 Å². The molecule has 1 N–H and O–H groups in total. The summed E-state index contributed by atoms with van der Waals surface area (Å²) >= 11 is 0. The van der Waals surface area contributed by atoms with E-state index in [0.717, 1.165) is 78.9 Å². The monoisotopic (exact) mass is 700 g/mol.